The molecule has 3 heterocycles. The Morgan fingerprint density at radius 1 is 0.977 bits per heavy atom. The lowest BCUT2D eigenvalue weighted by molar-refractivity contribution is 0.0526. The predicted molar refractivity (Wildman–Crippen MR) is 175 cm³/mol. The summed E-state index contributed by atoms with van der Waals surface area (Å²) in [7, 11) is 0. The molecule has 0 amide bonds. The molecule has 2 aliphatic rings. The Balaban J connectivity index is 1.44. The largest absolute Gasteiger partial charge is 0.508 e. The lowest BCUT2D eigenvalue weighted by atomic mass is 9.92. The number of aromatic hydroxyl groups is 1. The van der Waals surface area contributed by atoms with Gasteiger partial charge >= 0.3 is 5.97 Å². The number of rotatable bonds is 5. The van der Waals surface area contributed by atoms with Crippen LogP contribution in [0.15, 0.2) is 112 Å². The summed E-state index contributed by atoms with van der Waals surface area (Å²) in [5.41, 5.74) is 5.99. The molecule has 1 atom stereocenters. The second-order valence-electron chi connectivity index (χ2n) is 10.4. The van der Waals surface area contributed by atoms with Crippen molar-refractivity contribution in [2.45, 2.75) is 19.9 Å². The molecular weight excluding hydrogens is 620 g/mol. The molecule has 1 aromatic heterocycles. The second kappa shape index (κ2) is 11.1. The third kappa shape index (κ3) is 4.73. The lowest BCUT2D eigenvalue weighted by Crippen LogP contribution is -2.46. The monoisotopic (exact) mass is 646 g/mol. The normalized spacial score (nSPS) is 15.0. The van der Waals surface area contributed by atoms with E-state index in [0.717, 1.165) is 38.5 Å². The first-order valence-corrected chi connectivity index (χ1v) is 15.0. The molecule has 0 saturated heterocycles. The highest BCUT2D eigenvalue weighted by Gasteiger charge is 2.42. The zero-order valence-electron chi connectivity index (χ0n) is 23.9. The summed E-state index contributed by atoms with van der Waals surface area (Å²) >= 11 is 3.62. The molecule has 1 unspecified atom stereocenters. The minimum atomic E-state index is -0.480. The van der Waals surface area contributed by atoms with Gasteiger partial charge < -0.3 is 20.1 Å². The number of phenols is 1. The highest BCUT2D eigenvalue weighted by molar-refractivity contribution is 9.10. The van der Waals surface area contributed by atoms with Crippen molar-refractivity contribution >= 4 is 56.5 Å². The smallest absolute Gasteiger partial charge is 0.338 e. The number of carbonyl (C=O) groups excluding carboxylic acids is 1. The molecule has 0 radical (unpaired) electrons. The SMILES string of the molecule is CCOC(=O)c1ccc(NC2=Nc3ccccc3N3C2=Nc2c(c(C)nn2-c2ccccc2)C3c2cc(Br)ccc2O)cc1. The highest BCUT2D eigenvalue weighted by Crippen LogP contribution is 2.50. The van der Waals surface area contributed by atoms with E-state index in [1.165, 1.54) is 0 Å². The van der Waals surface area contributed by atoms with Gasteiger partial charge in [0.15, 0.2) is 17.5 Å². The zero-order chi connectivity index (χ0) is 30.4. The number of esters is 1. The van der Waals surface area contributed by atoms with Gasteiger partial charge in [-0.25, -0.2) is 19.5 Å². The van der Waals surface area contributed by atoms with Crippen molar-refractivity contribution in [2.75, 3.05) is 16.8 Å². The Morgan fingerprint density at radius 3 is 2.50 bits per heavy atom. The molecule has 44 heavy (non-hydrogen) atoms. The summed E-state index contributed by atoms with van der Waals surface area (Å²) in [6.45, 7) is 4.05. The summed E-state index contributed by atoms with van der Waals surface area (Å²) in [5, 5.41) is 19.7. The van der Waals surface area contributed by atoms with E-state index < -0.39 is 6.04 Å². The number of ether oxygens (including phenoxy) is 1. The van der Waals surface area contributed by atoms with E-state index in [-0.39, 0.29) is 11.7 Å². The molecule has 0 bridgehead atoms. The van der Waals surface area contributed by atoms with Crippen LogP contribution in [0.2, 0.25) is 0 Å². The summed E-state index contributed by atoms with van der Waals surface area (Å²) in [5.74, 6) is 1.50. The van der Waals surface area contributed by atoms with Crippen LogP contribution in [0.1, 0.15) is 40.1 Å². The molecule has 2 aliphatic heterocycles. The fraction of sp³-hybridized carbons (Fsp3) is 0.118. The van der Waals surface area contributed by atoms with Crippen molar-refractivity contribution in [3.63, 3.8) is 0 Å². The van der Waals surface area contributed by atoms with Gasteiger partial charge in [-0.2, -0.15) is 5.10 Å². The van der Waals surface area contributed by atoms with E-state index >= 15 is 0 Å². The predicted octanol–water partition coefficient (Wildman–Crippen LogP) is 7.62. The van der Waals surface area contributed by atoms with Gasteiger partial charge in [-0.15, -0.1) is 0 Å². The summed E-state index contributed by atoms with van der Waals surface area (Å²) < 4.78 is 7.81. The summed E-state index contributed by atoms with van der Waals surface area (Å²) in [4.78, 5) is 24.6. The number of carbonyl (C=O) groups is 1. The highest BCUT2D eigenvalue weighted by atomic mass is 79.9. The number of benzene rings is 4. The minimum Gasteiger partial charge on any atom is -0.508 e. The van der Waals surface area contributed by atoms with Crippen LogP contribution < -0.4 is 10.2 Å². The third-order valence-corrected chi connectivity index (χ3v) is 8.08. The number of phenolic OH excluding ortho intramolecular Hbond substituents is 1. The van der Waals surface area contributed by atoms with Crippen LogP contribution in [0.5, 0.6) is 5.75 Å². The van der Waals surface area contributed by atoms with Crippen molar-refractivity contribution < 1.29 is 14.6 Å². The molecule has 218 valence electrons. The van der Waals surface area contributed by atoms with Crippen LogP contribution >= 0.6 is 15.9 Å². The fourth-order valence-electron chi connectivity index (χ4n) is 5.63. The maximum Gasteiger partial charge on any atom is 0.338 e. The first-order chi connectivity index (χ1) is 21.4. The van der Waals surface area contributed by atoms with Crippen molar-refractivity contribution in [3.8, 4) is 11.4 Å². The molecule has 5 aromatic rings. The number of nitrogens with zero attached hydrogens (tertiary/aromatic N) is 5. The number of aryl methyl sites for hydroxylation is 1. The van der Waals surface area contributed by atoms with E-state index in [4.69, 9.17) is 19.8 Å². The van der Waals surface area contributed by atoms with Crippen LogP contribution in [0.25, 0.3) is 5.69 Å². The Hall–Kier alpha value is -5.22. The first-order valence-electron chi connectivity index (χ1n) is 14.2. The number of hydrogen-bond acceptors (Lipinski definition) is 8. The molecule has 0 aliphatic carbocycles. The Bertz CT molecular complexity index is 1970. The minimum absolute atomic E-state index is 0.154. The Morgan fingerprint density at radius 2 is 1.73 bits per heavy atom. The standard InChI is InChI=1S/C34H27BrN6O3/c1-3-44-34(43)21-13-16-23(17-14-21)36-31-33-38-32-29(20(2)39-41(32)24-9-5-4-6-10-24)30(25-19-22(35)15-18-28(25)42)40(33)27-12-8-7-11-26(27)37-31/h4-19,30,42H,3H2,1-2H3,(H,36,37). The number of anilines is 2. The quantitative estimate of drug-likeness (QED) is 0.190. The van der Waals surface area contributed by atoms with E-state index in [0.29, 0.717) is 35.2 Å². The van der Waals surface area contributed by atoms with Crippen LogP contribution in [0.4, 0.5) is 22.9 Å². The number of hydrogen-bond donors (Lipinski definition) is 2. The number of halogens is 1. The van der Waals surface area contributed by atoms with Gasteiger partial charge in [0, 0.05) is 21.3 Å². The molecule has 10 heteroatoms. The number of nitrogens with one attached hydrogen (secondary N) is 1. The number of fused-ring (bicyclic) bond motifs is 4. The molecule has 2 N–H and O–H groups in total. The molecule has 0 spiro atoms. The fourth-order valence-corrected chi connectivity index (χ4v) is 6.01. The average molecular weight is 648 g/mol. The van der Waals surface area contributed by atoms with Crippen LogP contribution in [0.3, 0.4) is 0 Å². The Kier molecular flexibility index (Phi) is 6.98. The van der Waals surface area contributed by atoms with E-state index in [9.17, 15) is 9.90 Å². The van der Waals surface area contributed by atoms with E-state index in [2.05, 4.69) is 26.1 Å². The molecule has 7 rings (SSSR count). The Labute approximate surface area is 262 Å². The average Bonchev–Trinajstić information content (AvgIpc) is 3.38. The van der Waals surface area contributed by atoms with Gasteiger partial charge in [-0.05, 0) is 80.6 Å². The molecular formula is C34H27BrN6O3. The van der Waals surface area contributed by atoms with E-state index in [1.807, 2.05) is 90.5 Å². The third-order valence-electron chi connectivity index (χ3n) is 7.58. The maximum absolute atomic E-state index is 12.2. The molecule has 0 saturated carbocycles. The summed E-state index contributed by atoms with van der Waals surface area (Å²) in [6, 6.07) is 29.7. The van der Waals surface area contributed by atoms with Gasteiger partial charge in [0.25, 0.3) is 0 Å². The van der Waals surface area contributed by atoms with Gasteiger partial charge in [-0.3, -0.25) is 0 Å². The van der Waals surface area contributed by atoms with Gasteiger partial charge in [0.05, 0.1) is 41.0 Å². The zero-order valence-corrected chi connectivity index (χ0v) is 25.5. The topological polar surface area (TPSA) is 104 Å². The number of amidine groups is 2. The van der Waals surface area contributed by atoms with Crippen molar-refractivity contribution in [3.05, 3.63) is 124 Å². The molecule has 4 aromatic carbocycles. The van der Waals surface area contributed by atoms with E-state index in [1.54, 1.807) is 25.1 Å². The molecule has 0 fully saturated rings. The summed E-state index contributed by atoms with van der Waals surface area (Å²) in [6.07, 6.45) is 0. The first kappa shape index (κ1) is 27.6. The lowest BCUT2D eigenvalue weighted by Gasteiger charge is -2.40. The van der Waals surface area contributed by atoms with Gasteiger partial charge in [-0.1, -0.05) is 46.3 Å². The van der Waals surface area contributed by atoms with Crippen molar-refractivity contribution in [2.24, 2.45) is 9.98 Å². The van der Waals surface area contributed by atoms with Crippen molar-refractivity contribution in [1.29, 1.82) is 0 Å². The number of aliphatic imine (C=N–C) groups is 2. The van der Waals surface area contributed by atoms with Crippen molar-refractivity contribution in [1.82, 2.24) is 9.78 Å². The van der Waals surface area contributed by atoms with Crippen LogP contribution in [-0.2, 0) is 4.74 Å². The van der Waals surface area contributed by atoms with Crippen LogP contribution in [-0.4, -0.2) is 39.1 Å². The maximum atomic E-state index is 12.2. The van der Waals surface area contributed by atoms with Crippen LogP contribution in [0, 0.1) is 6.92 Å². The van der Waals surface area contributed by atoms with Gasteiger partial charge in [0.1, 0.15) is 5.75 Å². The second-order valence-corrected chi connectivity index (χ2v) is 11.3. The van der Waals surface area contributed by atoms with Gasteiger partial charge in [0.2, 0.25) is 0 Å². The number of para-hydroxylation sites is 3. The number of aromatic nitrogens is 2. The molecule has 9 nitrogen and oxygen atoms in total.